The number of halogens is 3. The quantitative estimate of drug-likeness (QED) is 0.650. The molecular weight excluding hydrogens is 351 g/mol. The maximum Gasteiger partial charge on any atom is 0.338 e. The molecule has 0 fully saturated rings. The second-order valence-electron chi connectivity index (χ2n) is 4.61. The zero-order chi connectivity index (χ0) is 15.6. The fraction of sp³-hybridized carbons (Fsp3) is 0.143. The van der Waals surface area contributed by atoms with Gasteiger partial charge in [-0.05, 0) is 42.8 Å². The van der Waals surface area contributed by atoms with E-state index < -0.39 is 7.52 Å². The number of rotatable bonds is 4. The molecule has 0 aromatic heterocycles. The van der Waals surface area contributed by atoms with E-state index in [4.69, 9.17) is 39.3 Å². The van der Waals surface area contributed by atoms with E-state index in [0.29, 0.717) is 26.5 Å². The van der Waals surface area contributed by atoms with Gasteiger partial charge in [0.1, 0.15) is 5.75 Å². The maximum atomic E-state index is 12.6. The Hall–Kier alpha value is -0.860. The van der Waals surface area contributed by atoms with Gasteiger partial charge in [0.2, 0.25) is 0 Å². The average molecular weight is 365 g/mol. The van der Waals surface area contributed by atoms with E-state index in [1.165, 1.54) is 6.66 Å². The van der Waals surface area contributed by atoms with E-state index in [1.807, 2.05) is 13.0 Å². The highest BCUT2D eigenvalue weighted by Gasteiger charge is 2.20. The van der Waals surface area contributed by atoms with Gasteiger partial charge in [0.25, 0.3) is 0 Å². The molecule has 0 aliphatic rings. The SMILES string of the molecule is Cc1ccc(Cl)c(OP(C)(=O)Nc2ccc(Cl)cc2Cl)c1. The molecule has 1 N–H and O–H groups in total. The van der Waals surface area contributed by atoms with Crippen LogP contribution in [0, 0.1) is 6.92 Å². The third-order valence-electron chi connectivity index (χ3n) is 2.61. The third kappa shape index (κ3) is 4.55. The topological polar surface area (TPSA) is 38.3 Å². The predicted molar refractivity (Wildman–Crippen MR) is 90.4 cm³/mol. The summed E-state index contributed by atoms with van der Waals surface area (Å²) in [5.74, 6) is 0.361. The molecule has 7 heteroatoms. The van der Waals surface area contributed by atoms with Crippen LogP contribution >= 0.6 is 42.3 Å². The molecule has 0 heterocycles. The second-order valence-corrected chi connectivity index (χ2v) is 7.96. The van der Waals surface area contributed by atoms with Gasteiger partial charge in [-0.1, -0.05) is 40.9 Å². The summed E-state index contributed by atoms with van der Waals surface area (Å²) in [5.41, 5.74) is 1.44. The maximum absolute atomic E-state index is 12.6. The summed E-state index contributed by atoms with van der Waals surface area (Å²) in [4.78, 5) is 0. The van der Waals surface area contributed by atoms with E-state index in [9.17, 15) is 4.57 Å². The van der Waals surface area contributed by atoms with E-state index in [0.717, 1.165) is 5.56 Å². The summed E-state index contributed by atoms with van der Waals surface area (Å²) >= 11 is 17.9. The zero-order valence-corrected chi connectivity index (χ0v) is 14.5. The summed E-state index contributed by atoms with van der Waals surface area (Å²) in [5, 5.41) is 4.05. The molecule has 0 amide bonds. The molecule has 2 rings (SSSR count). The Kier molecular flexibility index (Phi) is 5.11. The first-order valence-corrected chi connectivity index (χ1v) is 9.24. The Bertz CT molecular complexity index is 721. The lowest BCUT2D eigenvalue weighted by Crippen LogP contribution is -2.03. The van der Waals surface area contributed by atoms with E-state index in [1.54, 1.807) is 30.3 Å². The summed E-state index contributed by atoms with van der Waals surface area (Å²) < 4.78 is 18.1. The molecule has 0 aliphatic heterocycles. The Morgan fingerprint density at radius 2 is 1.76 bits per heavy atom. The fourth-order valence-corrected chi connectivity index (χ4v) is 3.63. The number of anilines is 1. The van der Waals surface area contributed by atoms with Crippen molar-refractivity contribution in [3.05, 3.63) is 57.0 Å². The minimum absolute atomic E-state index is 0.361. The first-order valence-electron chi connectivity index (χ1n) is 6.03. The molecule has 0 aliphatic carbocycles. The van der Waals surface area contributed by atoms with E-state index >= 15 is 0 Å². The standard InChI is InChI=1S/C14H13Cl3NO2P/c1-9-3-5-11(16)14(7-9)20-21(2,19)18-13-6-4-10(15)8-12(13)17/h3-8H,1-2H3,(H,18,19). The number of aryl methyl sites for hydroxylation is 1. The van der Waals surface area contributed by atoms with Gasteiger partial charge in [-0.2, -0.15) is 0 Å². The number of hydrogen-bond donors (Lipinski definition) is 1. The van der Waals surface area contributed by atoms with Gasteiger partial charge in [0.05, 0.1) is 15.7 Å². The molecule has 1 atom stereocenters. The first kappa shape index (κ1) is 16.5. The summed E-state index contributed by atoms with van der Waals surface area (Å²) in [7, 11) is -3.19. The lowest BCUT2D eigenvalue weighted by molar-refractivity contribution is 0.493. The molecule has 0 radical (unpaired) electrons. The third-order valence-corrected chi connectivity index (χ3v) is 4.67. The van der Waals surface area contributed by atoms with Crippen molar-refractivity contribution in [2.75, 3.05) is 11.8 Å². The van der Waals surface area contributed by atoms with Gasteiger partial charge in [0.15, 0.2) is 0 Å². The van der Waals surface area contributed by atoms with Gasteiger partial charge in [0, 0.05) is 11.7 Å². The smallest absolute Gasteiger partial charge is 0.338 e. The summed E-state index contributed by atoms with van der Waals surface area (Å²) in [6, 6.07) is 10.1. The molecule has 2 aromatic rings. The number of nitrogens with one attached hydrogen (secondary N) is 1. The van der Waals surface area contributed by atoms with Crippen LogP contribution in [0.15, 0.2) is 36.4 Å². The van der Waals surface area contributed by atoms with E-state index in [-0.39, 0.29) is 0 Å². The highest BCUT2D eigenvalue weighted by Crippen LogP contribution is 2.46. The van der Waals surface area contributed by atoms with Crippen molar-refractivity contribution in [1.82, 2.24) is 0 Å². The Labute approximate surface area is 138 Å². The molecule has 0 saturated heterocycles. The Morgan fingerprint density at radius 1 is 1.05 bits per heavy atom. The average Bonchev–Trinajstić information content (AvgIpc) is 2.37. The van der Waals surface area contributed by atoms with Gasteiger partial charge in [-0.25, -0.2) is 0 Å². The van der Waals surface area contributed by atoms with Crippen molar-refractivity contribution in [3.8, 4) is 5.75 Å². The van der Waals surface area contributed by atoms with E-state index in [2.05, 4.69) is 5.09 Å². The van der Waals surface area contributed by atoms with Crippen LogP contribution in [0.3, 0.4) is 0 Å². The van der Waals surface area contributed by atoms with Gasteiger partial charge < -0.3 is 9.61 Å². The van der Waals surface area contributed by atoms with Crippen LogP contribution in [0.2, 0.25) is 15.1 Å². The monoisotopic (exact) mass is 363 g/mol. The largest absolute Gasteiger partial charge is 0.427 e. The number of hydrogen-bond acceptors (Lipinski definition) is 2. The predicted octanol–water partition coefficient (Wildman–Crippen LogP) is 6.27. The molecule has 3 nitrogen and oxygen atoms in total. The van der Waals surface area contributed by atoms with Crippen LogP contribution in [0.1, 0.15) is 5.56 Å². The fourth-order valence-electron chi connectivity index (χ4n) is 1.69. The highest BCUT2D eigenvalue weighted by molar-refractivity contribution is 7.60. The van der Waals surface area contributed by atoms with Crippen LogP contribution in [-0.4, -0.2) is 6.66 Å². The normalized spacial score (nSPS) is 13.6. The molecule has 0 spiro atoms. The van der Waals surface area contributed by atoms with Crippen molar-refractivity contribution < 1.29 is 9.09 Å². The molecule has 1 unspecified atom stereocenters. The lowest BCUT2D eigenvalue weighted by atomic mass is 10.2. The first-order chi connectivity index (χ1) is 9.77. The van der Waals surface area contributed by atoms with Crippen LogP contribution in [0.5, 0.6) is 5.75 Å². The molecule has 2 aromatic carbocycles. The molecule has 21 heavy (non-hydrogen) atoms. The second kappa shape index (κ2) is 6.50. The van der Waals surface area contributed by atoms with Crippen molar-refractivity contribution in [2.24, 2.45) is 0 Å². The minimum atomic E-state index is -3.19. The molecule has 0 saturated carbocycles. The molecule has 0 bridgehead atoms. The van der Waals surface area contributed by atoms with Crippen LogP contribution in [0.4, 0.5) is 5.69 Å². The zero-order valence-electron chi connectivity index (χ0n) is 11.4. The molecular formula is C14H13Cl3NO2P. The Morgan fingerprint density at radius 3 is 2.43 bits per heavy atom. The van der Waals surface area contributed by atoms with Crippen molar-refractivity contribution in [1.29, 1.82) is 0 Å². The summed E-state index contributed by atoms with van der Waals surface area (Å²) in [6.07, 6.45) is 0. The highest BCUT2D eigenvalue weighted by atomic mass is 35.5. The van der Waals surface area contributed by atoms with Crippen LogP contribution in [0.25, 0.3) is 0 Å². The minimum Gasteiger partial charge on any atom is -0.427 e. The lowest BCUT2D eigenvalue weighted by Gasteiger charge is -2.19. The van der Waals surface area contributed by atoms with Crippen molar-refractivity contribution in [3.63, 3.8) is 0 Å². The van der Waals surface area contributed by atoms with Gasteiger partial charge in [-0.15, -0.1) is 0 Å². The number of benzene rings is 2. The Balaban J connectivity index is 2.22. The van der Waals surface area contributed by atoms with Crippen molar-refractivity contribution in [2.45, 2.75) is 6.92 Å². The van der Waals surface area contributed by atoms with Crippen LogP contribution in [-0.2, 0) is 4.57 Å². The van der Waals surface area contributed by atoms with Gasteiger partial charge >= 0.3 is 7.52 Å². The van der Waals surface area contributed by atoms with Crippen LogP contribution < -0.4 is 9.61 Å². The summed E-state index contributed by atoms with van der Waals surface area (Å²) in [6.45, 7) is 3.35. The van der Waals surface area contributed by atoms with Gasteiger partial charge in [-0.3, -0.25) is 4.57 Å². The van der Waals surface area contributed by atoms with Crippen molar-refractivity contribution >= 4 is 48.0 Å². The molecule has 112 valence electrons.